The Morgan fingerprint density at radius 2 is 1.69 bits per heavy atom. The first-order valence-corrected chi connectivity index (χ1v) is 10.0. The number of carbonyl (C=O) groups excluding carboxylic acids is 1. The standard InChI is InChI=1S/C19H23N3O3S/c1-20-19(23)17-7-5-6-16(14-17)15-21-10-12-22(13-11-21)26(24,25)18-8-3-2-4-9-18/h2-9,14H,10-13,15H2,1H3,(H,20,23). The van der Waals surface area contributed by atoms with Crippen molar-refractivity contribution in [2.75, 3.05) is 33.2 Å². The number of benzene rings is 2. The molecule has 1 heterocycles. The zero-order chi connectivity index (χ0) is 18.6. The molecule has 6 nitrogen and oxygen atoms in total. The molecule has 26 heavy (non-hydrogen) atoms. The molecule has 0 atom stereocenters. The van der Waals surface area contributed by atoms with Crippen molar-refractivity contribution >= 4 is 15.9 Å². The average molecular weight is 373 g/mol. The highest BCUT2D eigenvalue weighted by molar-refractivity contribution is 7.89. The third-order valence-corrected chi connectivity index (χ3v) is 6.45. The topological polar surface area (TPSA) is 69.7 Å². The SMILES string of the molecule is CNC(=O)c1cccc(CN2CCN(S(=O)(=O)c3ccccc3)CC2)c1. The van der Waals surface area contributed by atoms with Gasteiger partial charge in [-0.1, -0.05) is 30.3 Å². The van der Waals surface area contributed by atoms with Crippen molar-refractivity contribution in [3.05, 3.63) is 65.7 Å². The summed E-state index contributed by atoms with van der Waals surface area (Å²) in [5, 5.41) is 2.62. The van der Waals surface area contributed by atoms with Crippen LogP contribution < -0.4 is 5.32 Å². The number of amides is 1. The molecule has 2 aromatic rings. The molecule has 1 N–H and O–H groups in total. The van der Waals surface area contributed by atoms with Gasteiger partial charge in [-0.25, -0.2) is 8.42 Å². The maximum Gasteiger partial charge on any atom is 0.251 e. The molecule has 0 saturated carbocycles. The van der Waals surface area contributed by atoms with E-state index in [1.54, 1.807) is 41.7 Å². The Kier molecular flexibility index (Phi) is 5.70. The Balaban J connectivity index is 1.62. The molecule has 0 radical (unpaired) electrons. The molecule has 1 aliphatic rings. The zero-order valence-corrected chi connectivity index (χ0v) is 15.6. The first-order valence-electron chi connectivity index (χ1n) is 8.59. The van der Waals surface area contributed by atoms with Crippen LogP contribution >= 0.6 is 0 Å². The molecule has 0 unspecified atom stereocenters. The highest BCUT2D eigenvalue weighted by Gasteiger charge is 2.28. The molecule has 0 aromatic heterocycles. The summed E-state index contributed by atoms with van der Waals surface area (Å²) < 4.78 is 26.9. The number of hydrogen-bond acceptors (Lipinski definition) is 4. The summed E-state index contributed by atoms with van der Waals surface area (Å²) in [5.41, 5.74) is 1.68. The lowest BCUT2D eigenvalue weighted by Gasteiger charge is -2.34. The fraction of sp³-hybridized carbons (Fsp3) is 0.316. The highest BCUT2D eigenvalue weighted by atomic mass is 32.2. The molecular formula is C19H23N3O3S. The number of rotatable bonds is 5. The van der Waals surface area contributed by atoms with Crippen molar-refractivity contribution in [3.63, 3.8) is 0 Å². The van der Waals surface area contributed by atoms with E-state index in [0.29, 0.717) is 43.2 Å². The first kappa shape index (κ1) is 18.6. The predicted octanol–water partition coefficient (Wildman–Crippen LogP) is 1.55. The van der Waals surface area contributed by atoms with E-state index in [1.807, 2.05) is 24.3 Å². The second-order valence-corrected chi connectivity index (χ2v) is 8.21. The monoisotopic (exact) mass is 373 g/mol. The van der Waals surface area contributed by atoms with Crippen LogP contribution in [0.1, 0.15) is 15.9 Å². The second-order valence-electron chi connectivity index (χ2n) is 6.27. The molecule has 7 heteroatoms. The van der Waals surface area contributed by atoms with Crippen molar-refractivity contribution < 1.29 is 13.2 Å². The van der Waals surface area contributed by atoms with Crippen LogP contribution in [0.3, 0.4) is 0 Å². The van der Waals surface area contributed by atoms with Gasteiger partial charge in [-0.15, -0.1) is 0 Å². The first-order chi connectivity index (χ1) is 12.5. The van der Waals surface area contributed by atoms with Gasteiger partial charge in [0.2, 0.25) is 10.0 Å². The van der Waals surface area contributed by atoms with E-state index in [4.69, 9.17) is 0 Å². The van der Waals surface area contributed by atoms with Crippen molar-refractivity contribution in [2.24, 2.45) is 0 Å². The quantitative estimate of drug-likeness (QED) is 0.863. The average Bonchev–Trinajstić information content (AvgIpc) is 2.68. The van der Waals surface area contributed by atoms with Gasteiger partial charge in [0.05, 0.1) is 4.90 Å². The van der Waals surface area contributed by atoms with Gasteiger partial charge < -0.3 is 5.32 Å². The summed E-state index contributed by atoms with van der Waals surface area (Å²) in [6.07, 6.45) is 0. The fourth-order valence-corrected chi connectivity index (χ4v) is 4.53. The smallest absolute Gasteiger partial charge is 0.251 e. The van der Waals surface area contributed by atoms with Crippen LogP contribution in [-0.2, 0) is 16.6 Å². The number of carbonyl (C=O) groups is 1. The van der Waals surface area contributed by atoms with Crippen molar-refractivity contribution in [2.45, 2.75) is 11.4 Å². The highest BCUT2D eigenvalue weighted by Crippen LogP contribution is 2.18. The predicted molar refractivity (Wildman–Crippen MR) is 100 cm³/mol. The summed E-state index contributed by atoms with van der Waals surface area (Å²) >= 11 is 0. The zero-order valence-electron chi connectivity index (χ0n) is 14.8. The molecule has 0 spiro atoms. The lowest BCUT2D eigenvalue weighted by molar-refractivity contribution is 0.0962. The number of nitrogens with zero attached hydrogens (tertiary/aromatic N) is 2. The largest absolute Gasteiger partial charge is 0.355 e. The van der Waals surface area contributed by atoms with Crippen molar-refractivity contribution in [3.8, 4) is 0 Å². The minimum absolute atomic E-state index is 0.106. The molecule has 0 aliphatic carbocycles. The lowest BCUT2D eigenvalue weighted by Crippen LogP contribution is -2.48. The van der Waals surface area contributed by atoms with E-state index >= 15 is 0 Å². The van der Waals surface area contributed by atoms with Crippen LogP contribution in [0.2, 0.25) is 0 Å². The van der Waals surface area contributed by atoms with E-state index < -0.39 is 10.0 Å². The molecule has 138 valence electrons. The number of hydrogen-bond donors (Lipinski definition) is 1. The van der Waals surface area contributed by atoms with Crippen LogP contribution in [0.4, 0.5) is 0 Å². The Labute approximate surface area is 154 Å². The van der Waals surface area contributed by atoms with E-state index in [9.17, 15) is 13.2 Å². The van der Waals surface area contributed by atoms with Crippen LogP contribution in [-0.4, -0.2) is 56.8 Å². The molecule has 1 fully saturated rings. The summed E-state index contributed by atoms with van der Waals surface area (Å²) in [5.74, 6) is -0.106. The van der Waals surface area contributed by atoms with Gasteiger partial charge in [-0.05, 0) is 29.8 Å². The van der Waals surface area contributed by atoms with E-state index in [2.05, 4.69) is 10.2 Å². The van der Waals surface area contributed by atoms with E-state index in [0.717, 1.165) is 5.56 Å². The number of sulfonamides is 1. The Morgan fingerprint density at radius 1 is 1.00 bits per heavy atom. The molecule has 1 aliphatic heterocycles. The van der Waals surface area contributed by atoms with Crippen LogP contribution in [0.15, 0.2) is 59.5 Å². The normalized spacial score (nSPS) is 16.3. The van der Waals surface area contributed by atoms with Crippen molar-refractivity contribution in [1.29, 1.82) is 0 Å². The van der Waals surface area contributed by atoms with Crippen molar-refractivity contribution in [1.82, 2.24) is 14.5 Å². The molecule has 3 rings (SSSR count). The van der Waals surface area contributed by atoms with Gasteiger partial charge in [-0.3, -0.25) is 9.69 Å². The van der Waals surface area contributed by atoms with Gasteiger partial charge in [0.15, 0.2) is 0 Å². The fourth-order valence-electron chi connectivity index (χ4n) is 3.08. The van der Waals surface area contributed by atoms with Gasteiger partial charge in [0, 0.05) is 45.3 Å². The van der Waals surface area contributed by atoms with Gasteiger partial charge in [0.1, 0.15) is 0 Å². The third-order valence-electron chi connectivity index (χ3n) is 4.53. The van der Waals surface area contributed by atoms with Crippen LogP contribution in [0.5, 0.6) is 0 Å². The van der Waals surface area contributed by atoms with Gasteiger partial charge in [0.25, 0.3) is 5.91 Å². The molecule has 1 saturated heterocycles. The molecule has 0 bridgehead atoms. The lowest BCUT2D eigenvalue weighted by atomic mass is 10.1. The minimum Gasteiger partial charge on any atom is -0.355 e. The van der Waals surface area contributed by atoms with Crippen LogP contribution in [0, 0.1) is 0 Å². The maximum absolute atomic E-state index is 12.7. The number of nitrogens with one attached hydrogen (secondary N) is 1. The second kappa shape index (κ2) is 7.99. The Bertz CT molecular complexity index is 861. The minimum atomic E-state index is -3.43. The summed E-state index contributed by atoms with van der Waals surface area (Å²) in [4.78, 5) is 14.3. The summed E-state index contributed by atoms with van der Waals surface area (Å²) in [6.45, 7) is 2.95. The van der Waals surface area contributed by atoms with E-state index in [-0.39, 0.29) is 5.91 Å². The summed E-state index contributed by atoms with van der Waals surface area (Å²) in [6, 6.07) is 16.1. The molecule has 1 amide bonds. The Hall–Kier alpha value is -2.22. The van der Waals surface area contributed by atoms with E-state index in [1.165, 1.54) is 0 Å². The summed E-state index contributed by atoms with van der Waals surface area (Å²) in [7, 11) is -1.81. The van der Waals surface area contributed by atoms with Crippen LogP contribution in [0.25, 0.3) is 0 Å². The number of piperazine rings is 1. The maximum atomic E-state index is 12.7. The molecular weight excluding hydrogens is 350 g/mol. The Morgan fingerprint density at radius 3 is 2.35 bits per heavy atom. The van der Waals surface area contributed by atoms with Gasteiger partial charge >= 0.3 is 0 Å². The third kappa shape index (κ3) is 4.12. The van der Waals surface area contributed by atoms with Gasteiger partial charge in [-0.2, -0.15) is 4.31 Å². The molecule has 2 aromatic carbocycles.